The third-order valence-corrected chi connectivity index (χ3v) is 13.2. The average molecular weight is 611 g/mol. The van der Waals surface area contributed by atoms with Gasteiger partial charge in [0.15, 0.2) is 0 Å². The van der Waals surface area contributed by atoms with Crippen LogP contribution in [0.25, 0.3) is 0 Å². The standard InChI is InChI=1S/C36H54N2O6/c1-21-3-9-25(10-4-21)43-27-13-15-28(16-14-27)44-26-11-7-24(8-12-26)38-35(41)30-18-6-23(20-32(30)36(38)42)22-5-17-29-31(19-22)34(40)37(2)33(29)39/h21-32H,3-20H2,1-2H3. The summed E-state index contributed by atoms with van der Waals surface area (Å²) < 4.78 is 13.1. The highest BCUT2D eigenvalue weighted by atomic mass is 16.5. The summed E-state index contributed by atoms with van der Waals surface area (Å²) >= 11 is 0. The van der Waals surface area contributed by atoms with E-state index in [0.29, 0.717) is 30.1 Å². The Bertz CT molecular complexity index is 1100. The van der Waals surface area contributed by atoms with E-state index in [2.05, 4.69) is 6.92 Å². The van der Waals surface area contributed by atoms with Gasteiger partial charge in [0.25, 0.3) is 0 Å². The molecule has 0 N–H and O–H groups in total. The van der Waals surface area contributed by atoms with Crippen molar-refractivity contribution in [2.75, 3.05) is 7.05 Å². The second-order valence-corrected chi connectivity index (χ2v) is 15.8. The molecule has 244 valence electrons. The Morgan fingerprint density at radius 3 is 1.39 bits per heavy atom. The van der Waals surface area contributed by atoms with Crippen molar-refractivity contribution in [2.24, 2.45) is 41.4 Å². The van der Waals surface area contributed by atoms with Crippen LogP contribution >= 0.6 is 0 Å². The number of rotatable bonds is 6. The van der Waals surface area contributed by atoms with Crippen LogP contribution in [0.4, 0.5) is 0 Å². The zero-order valence-corrected chi connectivity index (χ0v) is 27.0. The molecule has 0 aromatic heterocycles. The predicted molar refractivity (Wildman–Crippen MR) is 164 cm³/mol. The van der Waals surface area contributed by atoms with Gasteiger partial charge in [0.1, 0.15) is 0 Å². The third kappa shape index (κ3) is 5.91. The lowest BCUT2D eigenvalue weighted by Gasteiger charge is -2.38. The first kappa shape index (κ1) is 30.8. The fourth-order valence-electron chi connectivity index (χ4n) is 10.5. The Labute approximate surface area is 263 Å². The topological polar surface area (TPSA) is 93.2 Å². The summed E-state index contributed by atoms with van der Waals surface area (Å²) in [5.74, 6) is 0.947. The summed E-state index contributed by atoms with van der Waals surface area (Å²) in [5, 5.41) is 0. The van der Waals surface area contributed by atoms with Crippen molar-refractivity contribution >= 4 is 23.6 Å². The molecule has 5 aliphatic carbocycles. The fraction of sp³-hybridized carbons (Fsp3) is 0.889. The largest absolute Gasteiger partial charge is 0.375 e. The van der Waals surface area contributed by atoms with Gasteiger partial charge in [-0.3, -0.25) is 29.0 Å². The van der Waals surface area contributed by atoms with Gasteiger partial charge in [0.05, 0.1) is 48.1 Å². The van der Waals surface area contributed by atoms with Gasteiger partial charge in [-0.25, -0.2) is 0 Å². The van der Waals surface area contributed by atoms with Crippen LogP contribution in [-0.2, 0) is 28.7 Å². The lowest BCUT2D eigenvalue weighted by molar-refractivity contribution is -0.145. The number of carbonyl (C=O) groups is 4. The third-order valence-electron chi connectivity index (χ3n) is 13.2. The molecule has 44 heavy (non-hydrogen) atoms. The van der Waals surface area contributed by atoms with Gasteiger partial charge in [-0.1, -0.05) is 6.92 Å². The van der Waals surface area contributed by atoms with Crippen LogP contribution in [0.1, 0.15) is 122 Å². The summed E-state index contributed by atoms with van der Waals surface area (Å²) in [7, 11) is 1.61. The summed E-state index contributed by atoms with van der Waals surface area (Å²) in [4.78, 5) is 55.4. The first-order valence-corrected chi connectivity index (χ1v) is 18.3. The van der Waals surface area contributed by atoms with E-state index >= 15 is 0 Å². The van der Waals surface area contributed by atoms with Gasteiger partial charge in [0, 0.05) is 13.1 Å². The number of carbonyl (C=O) groups excluding carboxylic acids is 4. The summed E-state index contributed by atoms with van der Waals surface area (Å²) in [6, 6.07) is 0.00865. The molecule has 6 atom stereocenters. The second-order valence-electron chi connectivity index (χ2n) is 15.8. The minimum absolute atomic E-state index is 0.00865. The van der Waals surface area contributed by atoms with Crippen LogP contribution in [0.5, 0.6) is 0 Å². The zero-order chi connectivity index (χ0) is 30.5. The molecule has 7 aliphatic rings. The number of imide groups is 2. The maximum absolute atomic E-state index is 13.7. The highest BCUT2D eigenvalue weighted by Crippen LogP contribution is 2.50. The Morgan fingerprint density at radius 2 is 0.864 bits per heavy atom. The highest BCUT2D eigenvalue weighted by Gasteiger charge is 2.55. The molecule has 0 aromatic rings. The molecule has 2 aliphatic heterocycles. The number of hydrogen-bond donors (Lipinski definition) is 0. The summed E-state index contributed by atoms with van der Waals surface area (Å²) in [5.41, 5.74) is 0. The van der Waals surface area contributed by atoms with Crippen LogP contribution in [-0.4, -0.2) is 70.9 Å². The zero-order valence-electron chi connectivity index (χ0n) is 27.0. The average Bonchev–Trinajstić information content (AvgIpc) is 3.42. The van der Waals surface area contributed by atoms with E-state index in [-0.39, 0.29) is 59.4 Å². The van der Waals surface area contributed by atoms with Gasteiger partial charge in [-0.15, -0.1) is 0 Å². The van der Waals surface area contributed by atoms with Crippen LogP contribution < -0.4 is 0 Å². The molecule has 7 rings (SSSR count). The van der Waals surface area contributed by atoms with Crippen molar-refractivity contribution in [3.8, 4) is 0 Å². The van der Waals surface area contributed by atoms with E-state index < -0.39 is 0 Å². The molecule has 6 unspecified atom stereocenters. The SMILES string of the molecule is CC1CCC(OC2CCC(OC3CCC(N4C(=O)C5CCC(C6CCC7C(=O)N(C)C(=O)C7C6)CC5C4=O)CC3)CC2)CC1. The second kappa shape index (κ2) is 12.8. The molecule has 2 saturated heterocycles. The Morgan fingerprint density at radius 1 is 0.477 bits per heavy atom. The number of nitrogens with zero attached hydrogens (tertiary/aromatic N) is 2. The molecule has 4 amide bonds. The van der Waals surface area contributed by atoms with Crippen LogP contribution in [0.3, 0.4) is 0 Å². The Hall–Kier alpha value is -1.80. The summed E-state index contributed by atoms with van der Waals surface area (Å²) in [6.45, 7) is 2.35. The van der Waals surface area contributed by atoms with E-state index in [9.17, 15) is 19.2 Å². The first-order chi connectivity index (χ1) is 21.3. The maximum Gasteiger partial charge on any atom is 0.233 e. The van der Waals surface area contributed by atoms with Crippen LogP contribution in [0.2, 0.25) is 0 Å². The lowest BCUT2D eigenvalue weighted by Crippen LogP contribution is -2.44. The lowest BCUT2D eigenvalue weighted by atomic mass is 9.64. The van der Waals surface area contributed by atoms with E-state index in [1.165, 1.54) is 30.6 Å². The van der Waals surface area contributed by atoms with Gasteiger partial charge < -0.3 is 9.47 Å². The molecule has 5 saturated carbocycles. The minimum atomic E-state index is -0.203. The highest BCUT2D eigenvalue weighted by molar-refractivity contribution is 6.06. The smallest absolute Gasteiger partial charge is 0.233 e. The van der Waals surface area contributed by atoms with E-state index in [4.69, 9.17) is 9.47 Å². The molecule has 0 spiro atoms. The quantitative estimate of drug-likeness (QED) is 0.361. The van der Waals surface area contributed by atoms with Crippen LogP contribution in [0, 0.1) is 41.4 Å². The number of ether oxygens (including phenoxy) is 2. The minimum Gasteiger partial charge on any atom is -0.375 e. The Balaban J connectivity index is 0.863. The molecule has 0 bridgehead atoms. The molecule has 8 nitrogen and oxygen atoms in total. The Kier molecular flexibility index (Phi) is 8.95. The van der Waals surface area contributed by atoms with E-state index in [1.807, 2.05) is 0 Å². The van der Waals surface area contributed by atoms with Gasteiger partial charge in [-0.05, 0) is 133 Å². The maximum atomic E-state index is 13.7. The molecule has 7 fully saturated rings. The molecule has 2 heterocycles. The number of amides is 4. The number of fused-ring (bicyclic) bond motifs is 2. The van der Waals surface area contributed by atoms with Gasteiger partial charge in [-0.2, -0.15) is 0 Å². The van der Waals surface area contributed by atoms with Crippen molar-refractivity contribution in [3.63, 3.8) is 0 Å². The van der Waals surface area contributed by atoms with Crippen molar-refractivity contribution in [1.29, 1.82) is 0 Å². The van der Waals surface area contributed by atoms with Gasteiger partial charge >= 0.3 is 0 Å². The number of likely N-dealkylation sites (tertiary alicyclic amines) is 2. The van der Waals surface area contributed by atoms with E-state index in [1.54, 1.807) is 11.9 Å². The summed E-state index contributed by atoms with van der Waals surface area (Å²) in [6.07, 6.45) is 19.3. The number of hydrogen-bond acceptors (Lipinski definition) is 6. The normalized spacial score (nSPS) is 45.0. The van der Waals surface area contributed by atoms with Crippen molar-refractivity contribution in [1.82, 2.24) is 9.80 Å². The molecule has 8 heteroatoms. The molecular formula is C36H54N2O6. The first-order valence-electron chi connectivity index (χ1n) is 18.3. The monoisotopic (exact) mass is 610 g/mol. The fourth-order valence-corrected chi connectivity index (χ4v) is 10.5. The van der Waals surface area contributed by atoms with Crippen LogP contribution in [0.15, 0.2) is 0 Å². The van der Waals surface area contributed by atoms with E-state index in [0.717, 1.165) is 95.8 Å². The predicted octanol–water partition coefficient (Wildman–Crippen LogP) is 5.65. The molecule has 0 aromatic carbocycles. The molecular weight excluding hydrogens is 556 g/mol. The van der Waals surface area contributed by atoms with Crippen molar-refractivity contribution in [2.45, 2.75) is 153 Å². The van der Waals surface area contributed by atoms with Crippen molar-refractivity contribution < 1.29 is 28.7 Å². The van der Waals surface area contributed by atoms with Crippen molar-refractivity contribution in [3.05, 3.63) is 0 Å². The molecule has 0 radical (unpaired) electrons. The van der Waals surface area contributed by atoms with Gasteiger partial charge in [0.2, 0.25) is 23.6 Å².